The van der Waals surface area contributed by atoms with Crippen LogP contribution >= 0.6 is 11.6 Å². The Morgan fingerprint density at radius 3 is 2.49 bits per heavy atom. The Kier molecular flexibility index (Phi) is 5.06. The molecule has 0 spiro atoms. The van der Waals surface area contributed by atoms with Gasteiger partial charge in [-0.3, -0.25) is 29.4 Å². The van der Waals surface area contributed by atoms with Crippen LogP contribution in [-0.4, -0.2) is 47.5 Å². The number of benzene rings is 3. The summed E-state index contributed by atoms with van der Waals surface area (Å²) in [6.45, 7) is 0.0334. The van der Waals surface area contributed by atoms with Gasteiger partial charge in [-0.25, -0.2) is 0 Å². The first-order chi connectivity index (χ1) is 17.8. The fraction of sp³-hybridized carbons (Fsp3) is 0.160. The molecule has 2 atom stereocenters. The third-order valence-corrected chi connectivity index (χ3v) is 6.91. The molecule has 0 bridgehead atoms. The van der Waals surface area contributed by atoms with Gasteiger partial charge in [0.05, 0.1) is 28.7 Å². The highest BCUT2D eigenvalue weighted by Crippen LogP contribution is 2.48. The van der Waals surface area contributed by atoms with E-state index in [-0.39, 0.29) is 22.9 Å². The summed E-state index contributed by atoms with van der Waals surface area (Å²) in [7, 11) is 1.46. The summed E-state index contributed by atoms with van der Waals surface area (Å²) in [6.07, 6.45) is 0. The molecule has 0 radical (unpaired) electrons. The fourth-order valence-electron chi connectivity index (χ4n) is 4.94. The molecule has 3 amide bonds. The molecule has 0 N–H and O–H groups in total. The molecule has 3 aliphatic heterocycles. The zero-order chi connectivity index (χ0) is 26.0. The number of nitrogens with zero attached hydrogens (tertiary/aromatic N) is 3. The van der Waals surface area contributed by atoms with Crippen LogP contribution in [0.4, 0.5) is 11.4 Å². The SMILES string of the molecule is COc1ccc(N2C(=O)[C@@H](N3C(=O)c4cccc([N+](=O)[O-])c4C3=O)[C@H]2c2ccc3c(c2)OCO3)cc1Cl. The molecule has 3 heterocycles. The molecule has 0 saturated carbocycles. The predicted molar refractivity (Wildman–Crippen MR) is 128 cm³/mol. The lowest BCUT2D eigenvalue weighted by atomic mass is 9.86. The van der Waals surface area contributed by atoms with Gasteiger partial charge < -0.3 is 19.1 Å². The summed E-state index contributed by atoms with van der Waals surface area (Å²) in [4.78, 5) is 53.4. The molecule has 37 heavy (non-hydrogen) atoms. The normalized spacial score (nSPS) is 19.7. The minimum Gasteiger partial charge on any atom is -0.495 e. The van der Waals surface area contributed by atoms with Gasteiger partial charge in [0, 0.05) is 11.8 Å². The molecule has 1 fully saturated rings. The number of carbonyl (C=O) groups excluding carboxylic acids is 3. The van der Waals surface area contributed by atoms with Crippen molar-refractivity contribution in [3.8, 4) is 17.2 Å². The van der Waals surface area contributed by atoms with Crippen LogP contribution in [-0.2, 0) is 4.79 Å². The molecule has 0 aromatic heterocycles. The van der Waals surface area contributed by atoms with Crippen molar-refractivity contribution in [2.24, 2.45) is 0 Å². The zero-order valence-electron chi connectivity index (χ0n) is 19.0. The molecule has 11 nitrogen and oxygen atoms in total. The summed E-state index contributed by atoms with van der Waals surface area (Å²) < 4.78 is 16.1. The number of hydrogen-bond acceptors (Lipinski definition) is 8. The zero-order valence-corrected chi connectivity index (χ0v) is 19.8. The van der Waals surface area contributed by atoms with Crippen molar-refractivity contribution in [2.75, 3.05) is 18.8 Å². The molecular weight excluding hydrogens is 506 g/mol. The third-order valence-electron chi connectivity index (χ3n) is 6.62. The maximum Gasteiger partial charge on any atom is 0.282 e. The molecule has 0 unspecified atom stereocenters. The van der Waals surface area contributed by atoms with Crippen LogP contribution in [0, 0.1) is 10.1 Å². The van der Waals surface area contributed by atoms with Gasteiger partial charge in [0.1, 0.15) is 17.4 Å². The van der Waals surface area contributed by atoms with Crippen molar-refractivity contribution < 1.29 is 33.5 Å². The van der Waals surface area contributed by atoms with Crippen molar-refractivity contribution in [1.29, 1.82) is 0 Å². The van der Waals surface area contributed by atoms with E-state index in [1.165, 1.54) is 24.1 Å². The highest BCUT2D eigenvalue weighted by Gasteiger charge is 2.58. The number of nitro groups is 1. The second-order valence-corrected chi connectivity index (χ2v) is 8.87. The quantitative estimate of drug-likeness (QED) is 0.215. The maximum atomic E-state index is 13.6. The van der Waals surface area contributed by atoms with Gasteiger partial charge in [-0.1, -0.05) is 23.7 Å². The van der Waals surface area contributed by atoms with E-state index in [4.69, 9.17) is 25.8 Å². The number of hydrogen-bond donors (Lipinski definition) is 0. The standard InChI is InChI=1S/C25H16ClN3O8/c1-35-17-8-6-13(10-15(17)26)27-21(12-5-7-18-19(9-12)37-11-36-18)22(25(27)32)28-23(30)14-3-2-4-16(29(33)34)20(14)24(28)31/h2-10,21-22H,11H2,1H3/t21-,22+/m1/s1. The van der Waals surface area contributed by atoms with Crippen LogP contribution in [0.5, 0.6) is 17.2 Å². The Bertz CT molecular complexity index is 1540. The first-order valence-electron chi connectivity index (χ1n) is 11.0. The smallest absolute Gasteiger partial charge is 0.282 e. The molecular formula is C25H16ClN3O8. The van der Waals surface area contributed by atoms with Gasteiger partial charge in [-0.15, -0.1) is 0 Å². The Hall–Kier alpha value is -4.64. The average Bonchev–Trinajstić information content (AvgIpc) is 3.45. The van der Waals surface area contributed by atoms with Gasteiger partial charge in [0.25, 0.3) is 23.4 Å². The molecule has 12 heteroatoms. The molecule has 3 aromatic carbocycles. The number of amides is 3. The summed E-state index contributed by atoms with van der Waals surface area (Å²) in [5, 5.41) is 11.8. The van der Waals surface area contributed by atoms with Crippen molar-refractivity contribution >= 4 is 40.7 Å². The maximum absolute atomic E-state index is 13.6. The monoisotopic (exact) mass is 521 g/mol. The first kappa shape index (κ1) is 22.8. The lowest BCUT2D eigenvalue weighted by Gasteiger charge is -2.49. The number of carbonyl (C=O) groups is 3. The number of fused-ring (bicyclic) bond motifs is 2. The summed E-state index contributed by atoms with van der Waals surface area (Å²) >= 11 is 6.31. The number of anilines is 1. The van der Waals surface area contributed by atoms with Gasteiger partial charge in [-0.05, 0) is 42.0 Å². The Labute approximate surface area is 213 Å². The highest BCUT2D eigenvalue weighted by atomic mass is 35.5. The van der Waals surface area contributed by atoms with Crippen molar-refractivity contribution in [3.63, 3.8) is 0 Å². The van der Waals surface area contributed by atoms with E-state index in [1.807, 2.05) is 0 Å². The van der Waals surface area contributed by atoms with E-state index in [2.05, 4.69) is 0 Å². The lowest BCUT2D eigenvalue weighted by molar-refractivity contribution is -0.385. The van der Waals surface area contributed by atoms with Gasteiger partial charge in [0.15, 0.2) is 11.5 Å². The summed E-state index contributed by atoms with van der Waals surface area (Å²) in [6, 6.07) is 11.6. The van der Waals surface area contributed by atoms with Crippen LogP contribution in [0.2, 0.25) is 5.02 Å². The van der Waals surface area contributed by atoms with Gasteiger partial charge in [0.2, 0.25) is 6.79 Å². The topological polar surface area (TPSA) is 129 Å². The van der Waals surface area contributed by atoms with E-state index in [0.29, 0.717) is 28.5 Å². The highest BCUT2D eigenvalue weighted by molar-refractivity contribution is 6.32. The van der Waals surface area contributed by atoms with E-state index in [1.54, 1.807) is 36.4 Å². The predicted octanol–water partition coefficient (Wildman–Crippen LogP) is 3.74. The number of rotatable bonds is 5. The minimum atomic E-state index is -1.26. The van der Waals surface area contributed by atoms with Crippen LogP contribution < -0.4 is 19.1 Å². The van der Waals surface area contributed by atoms with E-state index in [9.17, 15) is 24.5 Å². The first-order valence-corrected chi connectivity index (χ1v) is 11.4. The summed E-state index contributed by atoms with van der Waals surface area (Å²) in [5.41, 5.74) is 0.0238. The number of nitro benzene ring substituents is 1. The molecule has 1 saturated heterocycles. The van der Waals surface area contributed by atoms with Crippen molar-refractivity contribution in [1.82, 2.24) is 4.90 Å². The van der Waals surface area contributed by atoms with E-state index >= 15 is 0 Å². The number of imide groups is 1. The number of β-lactam (4-membered cyclic amide) rings is 1. The Balaban J connectivity index is 1.46. The van der Waals surface area contributed by atoms with Crippen molar-refractivity contribution in [3.05, 3.63) is 86.4 Å². The lowest BCUT2D eigenvalue weighted by Crippen LogP contribution is -2.67. The molecule has 0 aliphatic carbocycles. The largest absolute Gasteiger partial charge is 0.495 e. The van der Waals surface area contributed by atoms with Crippen LogP contribution in [0.25, 0.3) is 0 Å². The Morgan fingerprint density at radius 1 is 0.973 bits per heavy atom. The van der Waals surface area contributed by atoms with E-state index in [0.717, 1.165) is 11.0 Å². The fourth-order valence-corrected chi connectivity index (χ4v) is 5.19. The molecule has 186 valence electrons. The van der Waals surface area contributed by atoms with Crippen molar-refractivity contribution in [2.45, 2.75) is 12.1 Å². The van der Waals surface area contributed by atoms with Crippen LogP contribution in [0.3, 0.4) is 0 Å². The van der Waals surface area contributed by atoms with E-state index < -0.39 is 40.4 Å². The molecule has 6 rings (SSSR count). The number of methoxy groups -OCH3 is 1. The molecule has 3 aromatic rings. The third kappa shape index (κ3) is 3.24. The number of halogens is 1. The van der Waals surface area contributed by atoms with Crippen LogP contribution in [0.1, 0.15) is 32.3 Å². The minimum absolute atomic E-state index is 0.0334. The van der Waals surface area contributed by atoms with Gasteiger partial charge in [-0.2, -0.15) is 0 Å². The Morgan fingerprint density at radius 2 is 1.76 bits per heavy atom. The molecule has 3 aliphatic rings. The second-order valence-electron chi connectivity index (χ2n) is 8.47. The van der Waals surface area contributed by atoms with Crippen LogP contribution in [0.15, 0.2) is 54.6 Å². The van der Waals surface area contributed by atoms with Gasteiger partial charge >= 0.3 is 0 Å². The second kappa shape index (κ2) is 8.20. The average molecular weight is 522 g/mol. The summed E-state index contributed by atoms with van der Waals surface area (Å²) in [5.74, 6) is -0.866. The number of ether oxygens (including phenoxy) is 3.